The van der Waals surface area contributed by atoms with E-state index in [4.69, 9.17) is 9.79 Å². The Bertz CT molecular complexity index is 175. The van der Waals surface area contributed by atoms with Crippen molar-refractivity contribution in [2.45, 2.75) is 6.92 Å². The maximum Gasteiger partial charge on any atom is 0.650 e. The maximum atomic E-state index is 10.7. The molecule has 10 heavy (non-hydrogen) atoms. The van der Waals surface area contributed by atoms with Crippen molar-refractivity contribution in [3.63, 3.8) is 0 Å². The van der Waals surface area contributed by atoms with Gasteiger partial charge in [0.1, 0.15) is 0 Å². The topological polar surface area (TPSA) is 91.8 Å². The van der Waals surface area contributed by atoms with Gasteiger partial charge in [-0.25, -0.2) is 0 Å². The van der Waals surface area contributed by atoms with E-state index in [2.05, 4.69) is 13.7 Å². The fourth-order valence-corrected chi connectivity index (χ4v) is 2.47. The molecule has 0 aromatic carbocycles. The molecule has 2 N–H and O–H groups in total. The second kappa shape index (κ2) is 2.50. The van der Waals surface area contributed by atoms with Gasteiger partial charge in [-0.15, -0.1) is 0 Å². The molecule has 60 valence electrons. The average Bonchev–Trinajstić information content (AvgIpc) is 2.47. The van der Waals surface area contributed by atoms with Crippen LogP contribution in [0.15, 0.2) is 0 Å². The summed E-state index contributed by atoms with van der Waals surface area (Å²) < 4.78 is 22.8. The molecular weight excluding hydrogens is 182 g/mol. The van der Waals surface area contributed by atoms with E-state index in [0.29, 0.717) is 0 Å². The predicted molar refractivity (Wildman–Crippen MR) is 32.8 cm³/mol. The summed E-state index contributed by atoms with van der Waals surface area (Å²) in [6.45, 7) is 1.45. The third kappa shape index (κ3) is 2.25. The number of rotatable bonds is 3. The van der Waals surface area contributed by atoms with E-state index in [9.17, 15) is 4.57 Å². The molecule has 1 fully saturated rings. The van der Waals surface area contributed by atoms with Crippen LogP contribution in [0.1, 0.15) is 6.92 Å². The smallest absolute Gasteiger partial charge is 0.322 e. The van der Waals surface area contributed by atoms with Crippen LogP contribution >= 0.6 is 15.8 Å². The van der Waals surface area contributed by atoms with Crippen LogP contribution in [0.5, 0.6) is 0 Å². The van der Waals surface area contributed by atoms with E-state index in [1.165, 1.54) is 6.92 Å². The van der Waals surface area contributed by atoms with Crippen LogP contribution in [0, 0.1) is 0 Å². The van der Waals surface area contributed by atoms with Gasteiger partial charge in [-0.05, 0) is 0 Å². The predicted octanol–water partition coefficient (Wildman–Crippen LogP) is 0.840. The molecule has 0 amide bonds. The lowest BCUT2D eigenvalue weighted by atomic mass is 11.0. The SMILES string of the molecule is CCP(=O)(O)O[P+]1(O)OO1. The van der Waals surface area contributed by atoms with Crippen molar-refractivity contribution < 1.29 is 28.0 Å². The van der Waals surface area contributed by atoms with Crippen molar-refractivity contribution in [2.24, 2.45) is 0 Å². The van der Waals surface area contributed by atoms with E-state index in [1.807, 2.05) is 0 Å². The zero-order chi connectivity index (χ0) is 7.83. The van der Waals surface area contributed by atoms with Crippen molar-refractivity contribution in [3.05, 3.63) is 0 Å². The van der Waals surface area contributed by atoms with Gasteiger partial charge in [-0.1, -0.05) is 11.2 Å². The molecule has 0 aromatic rings. The molecule has 0 aliphatic carbocycles. The van der Waals surface area contributed by atoms with Gasteiger partial charge in [0.15, 0.2) is 0 Å². The third-order valence-electron chi connectivity index (χ3n) is 0.832. The Balaban J connectivity index is 2.44. The minimum atomic E-state index is -3.68. The number of hydrogen-bond donors (Lipinski definition) is 2. The van der Waals surface area contributed by atoms with E-state index in [-0.39, 0.29) is 6.16 Å². The molecular formula is C2H7O6P2+. The van der Waals surface area contributed by atoms with Crippen LogP contribution in [0.4, 0.5) is 0 Å². The van der Waals surface area contributed by atoms with Gasteiger partial charge in [-0.3, -0.25) is 4.57 Å². The molecule has 1 aliphatic rings. The molecule has 8 heteroatoms. The molecule has 6 nitrogen and oxygen atoms in total. The van der Waals surface area contributed by atoms with Crippen LogP contribution in [0.2, 0.25) is 0 Å². The van der Waals surface area contributed by atoms with Crippen LogP contribution in [-0.4, -0.2) is 15.9 Å². The molecule has 1 aliphatic heterocycles. The van der Waals surface area contributed by atoms with Gasteiger partial charge in [0.25, 0.3) is 0 Å². The zero-order valence-corrected chi connectivity index (χ0v) is 6.92. The first-order valence-corrected chi connectivity index (χ1v) is 5.76. The molecule has 1 heterocycles. The molecule has 0 saturated carbocycles. The Hall–Kier alpha value is 0.460. The molecule has 1 rings (SSSR count). The molecule has 1 unspecified atom stereocenters. The van der Waals surface area contributed by atoms with Gasteiger partial charge < -0.3 is 4.89 Å². The highest BCUT2D eigenvalue weighted by atomic mass is 31.3. The van der Waals surface area contributed by atoms with Crippen LogP contribution in [0.3, 0.4) is 0 Å². The highest BCUT2D eigenvalue weighted by Crippen LogP contribution is 2.79. The second-order valence-corrected chi connectivity index (χ2v) is 5.45. The fraction of sp³-hybridized carbons (Fsp3) is 1.00. The Kier molecular flexibility index (Phi) is 2.14. The first-order chi connectivity index (χ1) is 4.47. The van der Waals surface area contributed by atoms with Gasteiger partial charge in [0, 0.05) is 0 Å². The van der Waals surface area contributed by atoms with Crippen LogP contribution in [0.25, 0.3) is 0 Å². The van der Waals surface area contributed by atoms with Crippen molar-refractivity contribution >= 4 is 15.8 Å². The van der Waals surface area contributed by atoms with Gasteiger partial charge in [-0.2, -0.15) is 4.89 Å². The average molecular weight is 189 g/mol. The summed E-state index contributed by atoms with van der Waals surface area (Å²) in [6.07, 6.45) is -0.0813. The Labute approximate surface area is 57.9 Å². The minimum Gasteiger partial charge on any atom is -0.322 e. The second-order valence-electron chi connectivity index (χ2n) is 1.65. The number of hydrogen-bond acceptors (Lipinski definition) is 5. The Morgan fingerprint density at radius 2 is 2.20 bits per heavy atom. The zero-order valence-electron chi connectivity index (χ0n) is 5.13. The summed E-state index contributed by atoms with van der Waals surface area (Å²) >= 11 is 0. The standard InChI is InChI=1S/C2H6O6P2/c1-2-9(3,4)8-10(5)6-7-10/h5H,2H2,1H3/p+1. The lowest BCUT2D eigenvalue weighted by Gasteiger charge is -1.99. The Morgan fingerprint density at radius 1 is 1.70 bits per heavy atom. The molecule has 0 radical (unpaired) electrons. The van der Waals surface area contributed by atoms with E-state index >= 15 is 0 Å². The van der Waals surface area contributed by atoms with Crippen molar-refractivity contribution in [1.82, 2.24) is 0 Å². The molecule has 0 aromatic heterocycles. The largest absolute Gasteiger partial charge is 0.650 e. The lowest BCUT2D eigenvalue weighted by Crippen LogP contribution is -1.86. The van der Waals surface area contributed by atoms with Crippen molar-refractivity contribution in [1.29, 1.82) is 0 Å². The molecule has 0 bridgehead atoms. The summed E-state index contributed by atoms with van der Waals surface area (Å²) in [5.74, 6) is 0. The van der Waals surface area contributed by atoms with E-state index < -0.39 is 15.8 Å². The summed E-state index contributed by atoms with van der Waals surface area (Å²) in [7, 11) is -7.00. The molecule has 1 atom stereocenters. The van der Waals surface area contributed by atoms with Crippen LogP contribution in [-0.2, 0) is 18.2 Å². The summed E-state index contributed by atoms with van der Waals surface area (Å²) in [5, 5.41) is 0. The third-order valence-corrected chi connectivity index (χ3v) is 3.88. The minimum absolute atomic E-state index is 0.0813. The van der Waals surface area contributed by atoms with Gasteiger partial charge >= 0.3 is 15.8 Å². The van der Waals surface area contributed by atoms with Gasteiger partial charge in [0.05, 0.1) is 15.5 Å². The summed E-state index contributed by atoms with van der Waals surface area (Å²) in [6, 6.07) is 0. The highest BCUT2D eigenvalue weighted by Gasteiger charge is 2.71. The first kappa shape index (κ1) is 8.56. The first-order valence-electron chi connectivity index (χ1n) is 2.50. The lowest BCUT2D eigenvalue weighted by molar-refractivity contribution is 0.0850. The summed E-state index contributed by atoms with van der Waals surface area (Å²) in [4.78, 5) is 17.4. The van der Waals surface area contributed by atoms with Crippen molar-refractivity contribution in [2.75, 3.05) is 6.16 Å². The monoisotopic (exact) mass is 189 g/mol. The molecule has 1 saturated heterocycles. The van der Waals surface area contributed by atoms with Crippen molar-refractivity contribution in [3.8, 4) is 0 Å². The highest BCUT2D eigenvalue weighted by molar-refractivity contribution is 7.69. The van der Waals surface area contributed by atoms with E-state index in [0.717, 1.165) is 0 Å². The maximum absolute atomic E-state index is 10.7. The Morgan fingerprint density at radius 3 is 2.50 bits per heavy atom. The summed E-state index contributed by atoms with van der Waals surface area (Å²) in [5.41, 5.74) is 0. The fourth-order valence-electron chi connectivity index (χ4n) is 0.275. The van der Waals surface area contributed by atoms with Crippen LogP contribution < -0.4 is 0 Å². The van der Waals surface area contributed by atoms with E-state index in [1.54, 1.807) is 0 Å². The normalized spacial score (nSPS) is 27.5. The van der Waals surface area contributed by atoms with Gasteiger partial charge in [0.2, 0.25) is 0 Å². The quantitative estimate of drug-likeness (QED) is 0.388. The molecule has 0 spiro atoms.